The zero-order chi connectivity index (χ0) is 17.1. The fraction of sp³-hybridized carbons (Fsp3) is 0.333. The van der Waals surface area contributed by atoms with Crippen LogP contribution in [0.5, 0.6) is 0 Å². The first-order chi connectivity index (χ1) is 11.5. The third-order valence-electron chi connectivity index (χ3n) is 4.05. The molecule has 0 unspecified atom stereocenters. The maximum absolute atomic E-state index is 12.3. The second-order valence-corrected chi connectivity index (χ2v) is 6.18. The molecule has 1 aliphatic rings. The van der Waals surface area contributed by atoms with Crippen LogP contribution in [0.4, 0.5) is 0 Å². The molecule has 24 heavy (non-hydrogen) atoms. The van der Waals surface area contributed by atoms with Crippen molar-refractivity contribution in [2.45, 2.75) is 32.2 Å². The van der Waals surface area contributed by atoms with E-state index < -0.39 is 6.04 Å². The molecule has 124 valence electrons. The first-order valence-electron chi connectivity index (χ1n) is 8.07. The summed E-state index contributed by atoms with van der Waals surface area (Å²) >= 11 is 0. The van der Waals surface area contributed by atoms with Crippen molar-refractivity contribution in [1.82, 2.24) is 20.8 Å². The van der Waals surface area contributed by atoms with Gasteiger partial charge < -0.3 is 10.6 Å². The van der Waals surface area contributed by atoms with Crippen LogP contribution in [0, 0.1) is 0 Å². The summed E-state index contributed by atoms with van der Waals surface area (Å²) in [5.41, 5.74) is 2.97. The van der Waals surface area contributed by atoms with E-state index in [1.807, 2.05) is 18.2 Å². The number of hydrogen-bond donors (Lipinski definition) is 2. The zero-order valence-electron chi connectivity index (χ0n) is 13.7. The Kier molecular flexibility index (Phi) is 4.55. The SMILES string of the molecule is CC(C)c1ccc(-c2cccc(C(=O)N[C@H]3CCNC3=O)c2)nn1. The summed E-state index contributed by atoms with van der Waals surface area (Å²) < 4.78 is 0. The van der Waals surface area contributed by atoms with Gasteiger partial charge in [-0.25, -0.2) is 0 Å². The summed E-state index contributed by atoms with van der Waals surface area (Å²) in [5.74, 6) is -0.0680. The van der Waals surface area contributed by atoms with Gasteiger partial charge in [0.2, 0.25) is 5.91 Å². The Morgan fingerprint density at radius 3 is 2.71 bits per heavy atom. The normalized spacial score (nSPS) is 17.0. The van der Waals surface area contributed by atoms with E-state index in [4.69, 9.17) is 0 Å². The fourth-order valence-corrected chi connectivity index (χ4v) is 2.60. The molecule has 0 spiro atoms. The fourth-order valence-electron chi connectivity index (χ4n) is 2.60. The number of carbonyl (C=O) groups excluding carboxylic acids is 2. The predicted octanol–water partition coefficient (Wildman–Crippen LogP) is 1.89. The van der Waals surface area contributed by atoms with Crippen LogP contribution < -0.4 is 10.6 Å². The van der Waals surface area contributed by atoms with E-state index in [1.165, 1.54) is 0 Å². The van der Waals surface area contributed by atoms with Crippen molar-refractivity contribution >= 4 is 11.8 Å². The van der Waals surface area contributed by atoms with Gasteiger partial charge in [0, 0.05) is 17.7 Å². The minimum Gasteiger partial charge on any atom is -0.354 e. The Morgan fingerprint density at radius 1 is 1.25 bits per heavy atom. The van der Waals surface area contributed by atoms with Gasteiger partial charge in [-0.15, -0.1) is 0 Å². The topological polar surface area (TPSA) is 84.0 Å². The molecule has 6 nitrogen and oxygen atoms in total. The quantitative estimate of drug-likeness (QED) is 0.899. The summed E-state index contributed by atoms with van der Waals surface area (Å²) in [4.78, 5) is 23.9. The van der Waals surface area contributed by atoms with Gasteiger partial charge in [-0.2, -0.15) is 10.2 Å². The molecular formula is C18H20N4O2. The molecule has 1 atom stereocenters. The number of amides is 2. The lowest BCUT2D eigenvalue weighted by Crippen LogP contribution is -2.40. The molecule has 0 radical (unpaired) electrons. The smallest absolute Gasteiger partial charge is 0.251 e. The third-order valence-corrected chi connectivity index (χ3v) is 4.05. The molecule has 0 aliphatic carbocycles. The van der Waals surface area contributed by atoms with Crippen molar-refractivity contribution in [3.63, 3.8) is 0 Å². The molecule has 1 aliphatic heterocycles. The number of nitrogens with one attached hydrogen (secondary N) is 2. The first kappa shape index (κ1) is 16.1. The highest BCUT2D eigenvalue weighted by molar-refractivity contribution is 5.98. The Bertz CT molecular complexity index is 756. The van der Waals surface area contributed by atoms with Crippen LogP contribution in [0.3, 0.4) is 0 Å². The van der Waals surface area contributed by atoms with E-state index in [-0.39, 0.29) is 11.8 Å². The highest BCUT2D eigenvalue weighted by Gasteiger charge is 2.25. The summed E-state index contributed by atoms with van der Waals surface area (Å²) in [5, 5.41) is 13.9. The minimum absolute atomic E-state index is 0.130. The van der Waals surface area contributed by atoms with Crippen LogP contribution in [0.2, 0.25) is 0 Å². The van der Waals surface area contributed by atoms with E-state index in [9.17, 15) is 9.59 Å². The lowest BCUT2D eigenvalue weighted by molar-refractivity contribution is -0.120. The van der Waals surface area contributed by atoms with Crippen LogP contribution in [-0.2, 0) is 4.79 Å². The molecule has 0 bridgehead atoms. The van der Waals surface area contributed by atoms with Gasteiger partial charge in [0.15, 0.2) is 0 Å². The molecule has 1 saturated heterocycles. The number of nitrogens with zero attached hydrogens (tertiary/aromatic N) is 2. The van der Waals surface area contributed by atoms with Crippen molar-refractivity contribution in [3.05, 3.63) is 47.7 Å². The second kappa shape index (κ2) is 6.78. The van der Waals surface area contributed by atoms with Gasteiger partial charge in [-0.1, -0.05) is 26.0 Å². The van der Waals surface area contributed by atoms with Gasteiger partial charge in [-0.05, 0) is 36.6 Å². The van der Waals surface area contributed by atoms with Gasteiger partial charge in [0.05, 0.1) is 11.4 Å². The van der Waals surface area contributed by atoms with E-state index in [1.54, 1.807) is 18.2 Å². The number of hydrogen-bond acceptors (Lipinski definition) is 4. The number of rotatable bonds is 4. The van der Waals surface area contributed by atoms with Crippen molar-refractivity contribution in [2.24, 2.45) is 0 Å². The highest BCUT2D eigenvalue weighted by Crippen LogP contribution is 2.19. The molecule has 1 aromatic heterocycles. The van der Waals surface area contributed by atoms with Crippen molar-refractivity contribution in [3.8, 4) is 11.3 Å². The highest BCUT2D eigenvalue weighted by atomic mass is 16.2. The Labute approximate surface area is 140 Å². The van der Waals surface area contributed by atoms with Gasteiger partial charge >= 0.3 is 0 Å². The molecule has 2 N–H and O–H groups in total. The molecule has 6 heteroatoms. The average molecular weight is 324 g/mol. The molecule has 2 amide bonds. The number of benzene rings is 1. The summed E-state index contributed by atoms with van der Waals surface area (Å²) in [6.45, 7) is 4.73. The zero-order valence-corrected chi connectivity index (χ0v) is 13.7. The monoisotopic (exact) mass is 324 g/mol. The van der Waals surface area contributed by atoms with Crippen molar-refractivity contribution in [1.29, 1.82) is 0 Å². The lowest BCUT2D eigenvalue weighted by atomic mass is 10.1. The van der Waals surface area contributed by atoms with Crippen LogP contribution in [-0.4, -0.2) is 34.6 Å². The van der Waals surface area contributed by atoms with E-state index >= 15 is 0 Å². The standard InChI is InChI=1S/C18H20N4O2/c1-11(2)14-6-7-15(22-21-14)12-4-3-5-13(10-12)17(23)20-16-8-9-19-18(16)24/h3-7,10-11,16H,8-9H2,1-2H3,(H,19,24)(H,20,23)/t16-/m0/s1. The summed E-state index contributed by atoms with van der Waals surface area (Å²) in [6, 6.07) is 10.6. The van der Waals surface area contributed by atoms with E-state index in [2.05, 4.69) is 34.7 Å². The largest absolute Gasteiger partial charge is 0.354 e. The molecule has 2 heterocycles. The van der Waals surface area contributed by atoms with Gasteiger partial charge in [0.25, 0.3) is 5.91 Å². The van der Waals surface area contributed by atoms with Crippen LogP contribution >= 0.6 is 0 Å². The van der Waals surface area contributed by atoms with Crippen LogP contribution in [0.1, 0.15) is 42.2 Å². The Balaban J connectivity index is 1.78. The maximum Gasteiger partial charge on any atom is 0.251 e. The third kappa shape index (κ3) is 3.42. The number of carbonyl (C=O) groups is 2. The maximum atomic E-state index is 12.3. The van der Waals surface area contributed by atoms with Gasteiger partial charge in [-0.3, -0.25) is 9.59 Å². The Morgan fingerprint density at radius 2 is 2.08 bits per heavy atom. The molecule has 1 fully saturated rings. The number of aromatic nitrogens is 2. The predicted molar refractivity (Wildman–Crippen MR) is 90.4 cm³/mol. The summed E-state index contributed by atoms with van der Waals surface area (Å²) in [7, 11) is 0. The lowest BCUT2D eigenvalue weighted by Gasteiger charge is -2.11. The second-order valence-electron chi connectivity index (χ2n) is 6.18. The molecular weight excluding hydrogens is 304 g/mol. The molecule has 0 saturated carbocycles. The van der Waals surface area contributed by atoms with Crippen LogP contribution in [0.15, 0.2) is 36.4 Å². The minimum atomic E-state index is -0.453. The average Bonchev–Trinajstić information content (AvgIpc) is 3.00. The summed E-state index contributed by atoms with van der Waals surface area (Å²) in [6.07, 6.45) is 0.617. The molecule has 3 rings (SSSR count). The van der Waals surface area contributed by atoms with Gasteiger partial charge in [0.1, 0.15) is 6.04 Å². The molecule has 1 aromatic carbocycles. The first-order valence-corrected chi connectivity index (χ1v) is 8.07. The molecule has 2 aromatic rings. The van der Waals surface area contributed by atoms with E-state index in [0.717, 1.165) is 11.3 Å². The van der Waals surface area contributed by atoms with Crippen molar-refractivity contribution < 1.29 is 9.59 Å². The Hall–Kier alpha value is -2.76. The van der Waals surface area contributed by atoms with Crippen LogP contribution in [0.25, 0.3) is 11.3 Å². The van der Waals surface area contributed by atoms with Crippen molar-refractivity contribution in [2.75, 3.05) is 6.54 Å². The van der Waals surface area contributed by atoms with E-state index in [0.29, 0.717) is 30.1 Å².